The summed E-state index contributed by atoms with van der Waals surface area (Å²) in [4.78, 5) is 16.5. The maximum absolute atomic E-state index is 12.4. The summed E-state index contributed by atoms with van der Waals surface area (Å²) in [5, 5.41) is 12.8. The summed E-state index contributed by atoms with van der Waals surface area (Å²) in [5.74, 6) is 1.94. The number of amides is 1. The molecule has 2 aromatic heterocycles. The number of thioether (sulfide) groups is 1. The van der Waals surface area contributed by atoms with Gasteiger partial charge in [-0.2, -0.15) is 0 Å². The lowest BCUT2D eigenvalue weighted by molar-refractivity contribution is -0.119. The molecule has 1 N–H and O–H groups in total. The molecule has 2 saturated carbocycles. The number of hydrogen-bond donors (Lipinski definition) is 1. The molecule has 6 nitrogen and oxygen atoms in total. The lowest BCUT2D eigenvalue weighted by Gasteiger charge is -2.29. The Morgan fingerprint density at radius 1 is 1.19 bits per heavy atom. The predicted molar refractivity (Wildman–Crippen MR) is 102 cm³/mol. The van der Waals surface area contributed by atoms with Crippen molar-refractivity contribution in [2.75, 3.05) is 5.75 Å². The first kappa shape index (κ1) is 17.5. The molecule has 2 fully saturated rings. The zero-order chi connectivity index (χ0) is 17.9. The van der Waals surface area contributed by atoms with Crippen LogP contribution < -0.4 is 5.32 Å². The maximum atomic E-state index is 12.4. The van der Waals surface area contributed by atoms with E-state index in [-0.39, 0.29) is 5.91 Å². The molecule has 0 aliphatic heterocycles. The second kappa shape index (κ2) is 7.78. The Hall–Kier alpha value is -1.89. The highest BCUT2D eigenvalue weighted by Crippen LogP contribution is 2.40. The second-order valence-corrected chi connectivity index (χ2v) is 8.31. The first-order chi connectivity index (χ1) is 12.7. The van der Waals surface area contributed by atoms with Crippen molar-refractivity contribution in [3.63, 3.8) is 0 Å². The summed E-state index contributed by atoms with van der Waals surface area (Å²) < 4.78 is 2.19. The van der Waals surface area contributed by atoms with Crippen molar-refractivity contribution in [1.82, 2.24) is 25.1 Å². The van der Waals surface area contributed by atoms with Gasteiger partial charge in [-0.05, 0) is 43.7 Å². The van der Waals surface area contributed by atoms with Crippen molar-refractivity contribution in [3.05, 3.63) is 24.5 Å². The van der Waals surface area contributed by atoms with Crippen LogP contribution in [-0.2, 0) is 4.79 Å². The van der Waals surface area contributed by atoms with Crippen LogP contribution in [0.5, 0.6) is 0 Å². The van der Waals surface area contributed by atoms with Gasteiger partial charge in [0.1, 0.15) is 0 Å². The maximum Gasteiger partial charge on any atom is 0.230 e. The summed E-state index contributed by atoms with van der Waals surface area (Å²) in [6.45, 7) is 2.24. The lowest BCUT2D eigenvalue weighted by Crippen LogP contribution is -2.41. The monoisotopic (exact) mass is 371 g/mol. The molecule has 0 radical (unpaired) electrons. The van der Waals surface area contributed by atoms with Gasteiger partial charge in [-0.25, -0.2) is 0 Å². The van der Waals surface area contributed by atoms with Gasteiger partial charge in [0.2, 0.25) is 5.91 Å². The third-order valence-electron chi connectivity index (χ3n) is 5.31. The minimum absolute atomic E-state index is 0.101. The SMILES string of the molecule is C[C@@H]1CCCC[C@H]1NC(=O)CSc1nnc(-c2ccncc2)n1C1CC1. The van der Waals surface area contributed by atoms with Crippen LogP contribution in [-0.4, -0.2) is 37.5 Å². The molecule has 2 heterocycles. The van der Waals surface area contributed by atoms with Crippen molar-refractivity contribution in [3.8, 4) is 11.4 Å². The van der Waals surface area contributed by atoms with Crippen molar-refractivity contribution in [2.24, 2.45) is 5.92 Å². The minimum atomic E-state index is 0.101. The van der Waals surface area contributed by atoms with E-state index >= 15 is 0 Å². The molecule has 0 spiro atoms. The first-order valence-corrected chi connectivity index (χ1v) is 10.5. The van der Waals surface area contributed by atoms with E-state index in [2.05, 4.69) is 32.0 Å². The average molecular weight is 372 g/mol. The van der Waals surface area contributed by atoms with Crippen LogP contribution in [0.2, 0.25) is 0 Å². The normalized spacial score (nSPS) is 23.0. The molecule has 0 aromatic carbocycles. The molecule has 0 saturated heterocycles. The molecule has 1 amide bonds. The van der Waals surface area contributed by atoms with Gasteiger partial charge < -0.3 is 5.32 Å². The standard InChI is InChI=1S/C19H25N5OS/c1-13-4-2-3-5-16(13)21-17(25)12-26-19-23-22-18(24(19)15-6-7-15)14-8-10-20-11-9-14/h8-11,13,15-16H,2-7,12H2,1H3,(H,21,25)/t13-,16-/m1/s1. The number of aromatic nitrogens is 4. The van der Waals surface area contributed by atoms with Crippen molar-refractivity contribution >= 4 is 17.7 Å². The van der Waals surface area contributed by atoms with Gasteiger partial charge in [-0.3, -0.25) is 14.3 Å². The lowest BCUT2D eigenvalue weighted by atomic mass is 9.86. The third kappa shape index (κ3) is 3.92. The zero-order valence-corrected chi connectivity index (χ0v) is 15.9. The summed E-state index contributed by atoms with van der Waals surface area (Å²) in [6, 6.07) is 4.69. The Bertz CT molecular complexity index is 759. The van der Waals surface area contributed by atoms with Crippen molar-refractivity contribution in [1.29, 1.82) is 0 Å². The fourth-order valence-electron chi connectivity index (χ4n) is 3.64. The number of hydrogen-bond acceptors (Lipinski definition) is 5. The van der Waals surface area contributed by atoms with Gasteiger partial charge in [0.05, 0.1) is 5.75 Å². The Balaban J connectivity index is 1.42. The van der Waals surface area contributed by atoms with Crippen LogP contribution in [0.4, 0.5) is 0 Å². The summed E-state index contributed by atoms with van der Waals surface area (Å²) in [5.41, 5.74) is 1.02. The fourth-order valence-corrected chi connectivity index (χ4v) is 4.46. The minimum Gasteiger partial charge on any atom is -0.352 e. The van der Waals surface area contributed by atoms with Crippen molar-refractivity contribution in [2.45, 2.75) is 62.7 Å². The molecule has 26 heavy (non-hydrogen) atoms. The van der Waals surface area contributed by atoms with Crippen LogP contribution in [0.25, 0.3) is 11.4 Å². The second-order valence-electron chi connectivity index (χ2n) is 7.37. The Labute approximate surface area is 158 Å². The Morgan fingerprint density at radius 2 is 1.96 bits per heavy atom. The summed E-state index contributed by atoms with van der Waals surface area (Å²) >= 11 is 1.49. The number of nitrogens with one attached hydrogen (secondary N) is 1. The summed E-state index contributed by atoms with van der Waals surface area (Å²) in [7, 11) is 0. The molecule has 2 aromatic rings. The van der Waals surface area contributed by atoms with Gasteiger partial charge in [-0.15, -0.1) is 10.2 Å². The number of rotatable bonds is 6. The van der Waals surface area contributed by atoms with E-state index in [1.807, 2.05) is 12.1 Å². The zero-order valence-electron chi connectivity index (χ0n) is 15.1. The van der Waals surface area contributed by atoms with E-state index in [1.54, 1.807) is 12.4 Å². The quantitative estimate of drug-likeness (QED) is 0.787. The van der Waals surface area contributed by atoms with Crippen LogP contribution in [0.15, 0.2) is 29.7 Å². The highest BCUT2D eigenvalue weighted by atomic mass is 32.2. The highest BCUT2D eigenvalue weighted by molar-refractivity contribution is 7.99. The van der Waals surface area contributed by atoms with E-state index in [9.17, 15) is 4.79 Å². The van der Waals surface area contributed by atoms with E-state index in [4.69, 9.17) is 0 Å². The number of carbonyl (C=O) groups excluding carboxylic acids is 1. The average Bonchev–Trinajstić information content (AvgIpc) is 3.42. The smallest absolute Gasteiger partial charge is 0.230 e. The molecule has 4 rings (SSSR count). The number of carbonyl (C=O) groups is 1. The van der Waals surface area contributed by atoms with E-state index < -0.39 is 0 Å². The van der Waals surface area contributed by atoms with Gasteiger partial charge in [0, 0.05) is 30.0 Å². The van der Waals surface area contributed by atoms with E-state index in [0.29, 0.717) is 23.8 Å². The van der Waals surface area contributed by atoms with Crippen LogP contribution in [0.3, 0.4) is 0 Å². The number of pyridine rings is 1. The molecule has 2 aliphatic rings. The third-order valence-corrected chi connectivity index (χ3v) is 6.25. The molecule has 138 valence electrons. The van der Waals surface area contributed by atoms with Crippen molar-refractivity contribution < 1.29 is 4.79 Å². The molecular formula is C19H25N5OS. The Morgan fingerprint density at radius 3 is 2.69 bits per heavy atom. The molecule has 0 bridgehead atoms. The van der Waals surface area contributed by atoms with Crippen LogP contribution >= 0.6 is 11.8 Å². The first-order valence-electron chi connectivity index (χ1n) is 9.50. The fraction of sp³-hybridized carbons (Fsp3) is 0.579. The molecular weight excluding hydrogens is 346 g/mol. The largest absolute Gasteiger partial charge is 0.352 e. The van der Waals surface area contributed by atoms with Gasteiger partial charge >= 0.3 is 0 Å². The highest BCUT2D eigenvalue weighted by Gasteiger charge is 2.30. The van der Waals surface area contributed by atoms with Gasteiger partial charge in [0.25, 0.3) is 0 Å². The number of nitrogens with zero attached hydrogens (tertiary/aromatic N) is 4. The van der Waals surface area contributed by atoms with Crippen LogP contribution in [0, 0.1) is 5.92 Å². The summed E-state index contributed by atoms with van der Waals surface area (Å²) in [6.07, 6.45) is 10.6. The predicted octanol–water partition coefficient (Wildman–Crippen LogP) is 3.46. The van der Waals surface area contributed by atoms with E-state index in [1.165, 1.54) is 31.0 Å². The molecule has 2 aliphatic carbocycles. The van der Waals surface area contributed by atoms with Gasteiger partial charge in [0.15, 0.2) is 11.0 Å². The molecule has 0 unspecified atom stereocenters. The van der Waals surface area contributed by atoms with Crippen LogP contribution in [0.1, 0.15) is 51.5 Å². The van der Waals surface area contributed by atoms with E-state index in [0.717, 1.165) is 35.8 Å². The Kier molecular flexibility index (Phi) is 5.24. The van der Waals surface area contributed by atoms with Gasteiger partial charge in [-0.1, -0.05) is 31.5 Å². The topological polar surface area (TPSA) is 72.7 Å². The molecule has 7 heteroatoms. The molecule has 2 atom stereocenters.